The van der Waals surface area contributed by atoms with Gasteiger partial charge in [0.2, 0.25) is 5.82 Å². The fourth-order valence-electron chi connectivity index (χ4n) is 1.06. The third kappa shape index (κ3) is 1.57. The van der Waals surface area contributed by atoms with Crippen molar-refractivity contribution in [1.29, 1.82) is 0 Å². The Hall–Kier alpha value is -1.68. The van der Waals surface area contributed by atoms with Gasteiger partial charge >= 0.3 is 0 Å². The maximum Gasteiger partial charge on any atom is 0.281 e. The van der Waals surface area contributed by atoms with Gasteiger partial charge in [0.15, 0.2) is 6.54 Å². The van der Waals surface area contributed by atoms with E-state index in [2.05, 4.69) is 15.9 Å². The molecule has 2 aromatic rings. The van der Waals surface area contributed by atoms with Gasteiger partial charge in [0.05, 0.1) is 0 Å². The molecule has 4 heteroatoms. The Morgan fingerprint density at radius 3 is 2.62 bits per heavy atom. The lowest BCUT2D eigenvalue weighted by molar-refractivity contribution is -0.391. The van der Waals surface area contributed by atoms with Crippen LogP contribution < -0.4 is 5.73 Å². The molecule has 0 aliphatic heterocycles. The van der Waals surface area contributed by atoms with E-state index in [0.29, 0.717) is 18.3 Å². The Bertz CT molecular complexity index is 383. The van der Waals surface area contributed by atoms with Crippen molar-refractivity contribution in [2.45, 2.75) is 6.54 Å². The SMILES string of the molecule is [NH3+]Cc1nc(-c2ccccc2)no1. The lowest BCUT2D eigenvalue weighted by Crippen LogP contribution is -2.47. The predicted octanol–water partition coefficient (Wildman–Crippen LogP) is 0.478. The quantitative estimate of drug-likeness (QED) is 0.723. The summed E-state index contributed by atoms with van der Waals surface area (Å²) >= 11 is 0. The second-order valence-electron chi connectivity index (χ2n) is 2.63. The van der Waals surface area contributed by atoms with Crippen LogP contribution in [0.2, 0.25) is 0 Å². The number of hydrogen-bond donors (Lipinski definition) is 1. The van der Waals surface area contributed by atoms with Crippen LogP contribution in [0.3, 0.4) is 0 Å². The van der Waals surface area contributed by atoms with Gasteiger partial charge in [-0.05, 0) is 0 Å². The zero-order valence-corrected chi connectivity index (χ0v) is 7.10. The van der Waals surface area contributed by atoms with Gasteiger partial charge in [-0.3, -0.25) is 0 Å². The van der Waals surface area contributed by atoms with Crippen LogP contribution in [0.4, 0.5) is 0 Å². The summed E-state index contributed by atoms with van der Waals surface area (Å²) in [5.41, 5.74) is 4.63. The monoisotopic (exact) mass is 176 g/mol. The first-order valence-corrected chi connectivity index (χ1v) is 4.07. The summed E-state index contributed by atoms with van der Waals surface area (Å²) in [6, 6.07) is 9.71. The molecule has 0 spiro atoms. The van der Waals surface area contributed by atoms with Crippen LogP contribution in [0.25, 0.3) is 11.4 Å². The van der Waals surface area contributed by atoms with Crippen molar-refractivity contribution < 1.29 is 10.3 Å². The van der Waals surface area contributed by atoms with Crippen molar-refractivity contribution in [2.75, 3.05) is 0 Å². The molecule has 0 saturated heterocycles. The molecule has 1 aromatic carbocycles. The number of benzene rings is 1. The Morgan fingerprint density at radius 1 is 1.23 bits per heavy atom. The Balaban J connectivity index is 2.36. The van der Waals surface area contributed by atoms with Gasteiger partial charge in [0, 0.05) is 5.56 Å². The Labute approximate surface area is 75.4 Å². The smallest absolute Gasteiger partial charge is 0.281 e. The van der Waals surface area contributed by atoms with Crippen LogP contribution in [-0.4, -0.2) is 10.1 Å². The summed E-state index contributed by atoms with van der Waals surface area (Å²) in [4.78, 5) is 4.16. The fraction of sp³-hybridized carbons (Fsp3) is 0.111. The number of rotatable bonds is 2. The molecule has 0 radical (unpaired) electrons. The molecule has 0 aliphatic carbocycles. The van der Waals surface area contributed by atoms with E-state index in [4.69, 9.17) is 4.52 Å². The first kappa shape index (κ1) is 7.94. The van der Waals surface area contributed by atoms with Crippen molar-refractivity contribution >= 4 is 0 Å². The summed E-state index contributed by atoms with van der Waals surface area (Å²) in [7, 11) is 0. The molecule has 1 aromatic heterocycles. The average Bonchev–Trinajstić information content (AvgIpc) is 2.67. The molecule has 2 rings (SSSR count). The molecule has 0 atom stereocenters. The molecule has 3 N–H and O–H groups in total. The van der Waals surface area contributed by atoms with Crippen LogP contribution in [0.1, 0.15) is 5.89 Å². The van der Waals surface area contributed by atoms with E-state index < -0.39 is 0 Å². The van der Waals surface area contributed by atoms with Gasteiger partial charge in [-0.15, -0.1) is 0 Å². The molecule has 13 heavy (non-hydrogen) atoms. The molecular weight excluding hydrogens is 166 g/mol. The van der Waals surface area contributed by atoms with Crippen molar-refractivity contribution in [3.05, 3.63) is 36.2 Å². The minimum atomic E-state index is 0.528. The minimum absolute atomic E-state index is 0.528. The number of aromatic nitrogens is 2. The molecular formula is C9H10N3O+. The highest BCUT2D eigenvalue weighted by Gasteiger charge is 2.06. The first-order chi connectivity index (χ1) is 6.40. The average molecular weight is 176 g/mol. The van der Waals surface area contributed by atoms with E-state index >= 15 is 0 Å². The lowest BCUT2D eigenvalue weighted by Gasteiger charge is -1.89. The van der Waals surface area contributed by atoms with Gasteiger partial charge in [0.1, 0.15) is 0 Å². The van der Waals surface area contributed by atoms with Gasteiger partial charge in [-0.25, -0.2) is 0 Å². The second-order valence-corrected chi connectivity index (χ2v) is 2.63. The predicted molar refractivity (Wildman–Crippen MR) is 46.3 cm³/mol. The summed E-state index contributed by atoms with van der Waals surface area (Å²) in [5, 5.41) is 3.83. The molecule has 0 saturated carbocycles. The van der Waals surface area contributed by atoms with Gasteiger partial charge in [0.25, 0.3) is 5.89 Å². The van der Waals surface area contributed by atoms with E-state index in [1.807, 2.05) is 30.3 Å². The highest BCUT2D eigenvalue weighted by atomic mass is 16.5. The standard InChI is InChI=1S/C9H9N3O/c10-6-8-11-9(12-13-8)7-4-2-1-3-5-7/h1-5H,6,10H2/p+1. The number of hydrogen-bond acceptors (Lipinski definition) is 3. The van der Waals surface area contributed by atoms with E-state index in [9.17, 15) is 0 Å². The summed E-state index contributed by atoms with van der Waals surface area (Å²) in [5.74, 6) is 1.19. The molecule has 0 unspecified atom stereocenters. The molecule has 0 amide bonds. The van der Waals surface area contributed by atoms with Crippen LogP contribution in [0.5, 0.6) is 0 Å². The number of nitrogens with zero attached hydrogens (tertiary/aromatic N) is 2. The maximum absolute atomic E-state index is 4.94. The minimum Gasteiger partial charge on any atom is -0.350 e. The zero-order valence-electron chi connectivity index (χ0n) is 7.10. The molecule has 4 nitrogen and oxygen atoms in total. The summed E-state index contributed by atoms with van der Waals surface area (Å²) in [6.07, 6.45) is 0. The van der Waals surface area contributed by atoms with E-state index in [1.54, 1.807) is 0 Å². The van der Waals surface area contributed by atoms with Gasteiger partial charge in [-0.1, -0.05) is 35.5 Å². The first-order valence-electron chi connectivity index (χ1n) is 4.07. The van der Waals surface area contributed by atoms with Crippen molar-refractivity contribution in [3.63, 3.8) is 0 Å². The van der Waals surface area contributed by atoms with Crippen LogP contribution in [0.15, 0.2) is 34.9 Å². The molecule has 1 heterocycles. The van der Waals surface area contributed by atoms with E-state index in [1.165, 1.54) is 0 Å². The normalized spacial score (nSPS) is 10.2. The van der Waals surface area contributed by atoms with Gasteiger partial charge < -0.3 is 10.3 Å². The second kappa shape index (κ2) is 3.37. The third-order valence-electron chi connectivity index (χ3n) is 1.71. The number of quaternary nitrogens is 1. The fourth-order valence-corrected chi connectivity index (χ4v) is 1.06. The van der Waals surface area contributed by atoms with Crippen LogP contribution >= 0.6 is 0 Å². The summed E-state index contributed by atoms with van der Waals surface area (Å²) in [6.45, 7) is 0.528. The Kier molecular flexibility index (Phi) is 2.06. The van der Waals surface area contributed by atoms with Crippen LogP contribution in [0, 0.1) is 0 Å². The van der Waals surface area contributed by atoms with E-state index in [-0.39, 0.29) is 0 Å². The maximum atomic E-state index is 4.94. The molecule has 66 valence electrons. The van der Waals surface area contributed by atoms with Crippen LogP contribution in [-0.2, 0) is 6.54 Å². The molecule has 0 bridgehead atoms. The van der Waals surface area contributed by atoms with Crippen molar-refractivity contribution in [3.8, 4) is 11.4 Å². The van der Waals surface area contributed by atoms with E-state index in [0.717, 1.165) is 5.56 Å². The lowest BCUT2D eigenvalue weighted by atomic mass is 10.2. The highest BCUT2D eigenvalue weighted by Crippen LogP contribution is 2.13. The summed E-state index contributed by atoms with van der Waals surface area (Å²) < 4.78 is 4.94. The Morgan fingerprint density at radius 2 is 2.00 bits per heavy atom. The van der Waals surface area contributed by atoms with Crippen molar-refractivity contribution in [1.82, 2.24) is 10.1 Å². The zero-order chi connectivity index (χ0) is 9.10. The largest absolute Gasteiger partial charge is 0.350 e. The topological polar surface area (TPSA) is 66.6 Å². The molecule has 0 fully saturated rings. The van der Waals surface area contributed by atoms with Crippen molar-refractivity contribution in [2.24, 2.45) is 0 Å². The van der Waals surface area contributed by atoms with Gasteiger partial charge in [-0.2, -0.15) is 4.98 Å². The molecule has 0 aliphatic rings. The highest BCUT2D eigenvalue weighted by molar-refractivity contribution is 5.53. The third-order valence-corrected chi connectivity index (χ3v) is 1.71.